The smallest absolute Gasteiger partial charge is 0.229 e. The molecule has 1 N–H and O–H groups in total. The predicted octanol–water partition coefficient (Wildman–Crippen LogP) is 1.72. The topological polar surface area (TPSA) is 68.3 Å². The van der Waals surface area contributed by atoms with Crippen molar-refractivity contribution in [2.24, 2.45) is 0 Å². The summed E-state index contributed by atoms with van der Waals surface area (Å²) in [6, 6.07) is 1.68. The molecule has 5 nitrogen and oxygen atoms in total. The van der Waals surface area contributed by atoms with Crippen LogP contribution in [0.15, 0.2) is 17.3 Å². The monoisotopic (exact) mass is 274 g/mol. The van der Waals surface area contributed by atoms with Crippen LogP contribution in [-0.4, -0.2) is 32.0 Å². The molecular weight excluding hydrogens is 260 g/mol. The van der Waals surface area contributed by atoms with Crippen LogP contribution < -0.4 is 9.46 Å². The number of rotatable bonds is 5. The minimum Gasteiger partial charge on any atom is -0.489 e. The summed E-state index contributed by atoms with van der Waals surface area (Å²) in [5.74, 6) is 0.608. The number of ether oxygens (including phenoxy) is 1. The van der Waals surface area contributed by atoms with Gasteiger partial charge in [0.15, 0.2) is 0 Å². The zero-order chi connectivity index (χ0) is 12.5. The van der Waals surface area contributed by atoms with Crippen LogP contribution in [0.3, 0.4) is 0 Å². The zero-order valence-electron chi connectivity index (χ0n) is 9.63. The van der Waals surface area contributed by atoms with Crippen molar-refractivity contribution < 1.29 is 13.2 Å². The molecule has 0 unspecified atom stereocenters. The van der Waals surface area contributed by atoms with Crippen molar-refractivity contribution in [3.63, 3.8) is 0 Å². The van der Waals surface area contributed by atoms with E-state index >= 15 is 0 Å². The average molecular weight is 274 g/mol. The van der Waals surface area contributed by atoms with Gasteiger partial charge in [0, 0.05) is 6.07 Å². The van der Waals surface area contributed by atoms with Crippen LogP contribution in [-0.2, 0) is 10.0 Å². The highest BCUT2D eigenvalue weighted by Crippen LogP contribution is 2.31. The van der Waals surface area contributed by atoms with Crippen molar-refractivity contribution in [1.29, 1.82) is 0 Å². The third kappa shape index (κ3) is 3.78. The van der Waals surface area contributed by atoms with Crippen LogP contribution in [0.25, 0.3) is 0 Å². The largest absolute Gasteiger partial charge is 0.489 e. The third-order valence-electron chi connectivity index (χ3n) is 2.14. The van der Waals surface area contributed by atoms with E-state index < -0.39 is 10.0 Å². The summed E-state index contributed by atoms with van der Waals surface area (Å²) < 4.78 is 30.5. The van der Waals surface area contributed by atoms with Crippen molar-refractivity contribution >= 4 is 27.5 Å². The number of hydrogen-bond donors (Lipinski definition) is 1. The molecule has 0 aliphatic heterocycles. The van der Waals surface area contributed by atoms with E-state index in [1.165, 1.54) is 11.8 Å². The summed E-state index contributed by atoms with van der Waals surface area (Å²) in [7, 11) is -3.30. The predicted molar refractivity (Wildman–Crippen MR) is 68.1 cm³/mol. The molecule has 0 saturated heterocycles. The molecular formula is C10H14N2O3S2. The van der Waals surface area contributed by atoms with Gasteiger partial charge in [-0.05, 0) is 19.1 Å². The zero-order valence-corrected chi connectivity index (χ0v) is 11.3. The van der Waals surface area contributed by atoms with E-state index in [1.54, 1.807) is 12.3 Å². The fourth-order valence-corrected chi connectivity index (χ4v) is 2.42. The maximum atomic E-state index is 11.2. The maximum absolute atomic E-state index is 11.2. The Hall–Kier alpha value is -0.950. The van der Waals surface area contributed by atoms with Crippen LogP contribution in [0.1, 0.15) is 12.8 Å². The Morgan fingerprint density at radius 1 is 1.53 bits per heavy atom. The number of nitrogens with one attached hydrogen (secondary N) is 1. The Morgan fingerprint density at radius 3 is 2.76 bits per heavy atom. The number of pyridine rings is 1. The van der Waals surface area contributed by atoms with Crippen LogP contribution in [0, 0.1) is 0 Å². The molecule has 1 fully saturated rings. The second-order valence-corrected chi connectivity index (χ2v) is 6.46. The summed E-state index contributed by atoms with van der Waals surface area (Å²) in [5.41, 5.74) is 0.471. The minimum absolute atomic E-state index is 0.267. The number of hydrogen-bond acceptors (Lipinski definition) is 5. The second kappa shape index (κ2) is 4.73. The molecule has 1 aliphatic carbocycles. The van der Waals surface area contributed by atoms with Gasteiger partial charge in [0.05, 0.1) is 24.2 Å². The maximum Gasteiger partial charge on any atom is 0.229 e. The number of anilines is 1. The first-order valence-electron chi connectivity index (χ1n) is 5.16. The summed E-state index contributed by atoms with van der Waals surface area (Å²) in [4.78, 5) is 4.17. The van der Waals surface area contributed by atoms with Crippen LogP contribution >= 0.6 is 11.8 Å². The molecule has 7 heteroatoms. The lowest BCUT2D eigenvalue weighted by Crippen LogP contribution is -2.11. The molecule has 0 radical (unpaired) electrons. The molecule has 1 aliphatic rings. The van der Waals surface area contributed by atoms with Crippen molar-refractivity contribution in [3.05, 3.63) is 12.3 Å². The van der Waals surface area contributed by atoms with E-state index in [9.17, 15) is 8.42 Å². The van der Waals surface area contributed by atoms with Crippen molar-refractivity contribution in [1.82, 2.24) is 4.98 Å². The molecule has 2 rings (SSSR count). The number of sulfonamides is 1. The molecule has 0 bridgehead atoms. The molecule has 0 spiro atoms. The van der Waals surface area contributed by atoms with E-state index in [4.69, 9.17) is 4.74 Å². The fraction of sp³-hybridized carbons (Fsp3) is 0.500. The van der Waals surface area contributed by atoms with Crippen molar-refractivity contribution in [2.45, 2.75) is 24.0 Å². The Labute approximate surface area is 105 Å². The molecule has 1 saturated carbocycles. The van der Waals surface area contributed by atoms with E-state index in [0.29, 0.717) is 16.5 Å². The van der Waals surface area contributed by atoms with Gasteiger partial charge in [-0.3, -0.25) is 4.72 Å². The Kier molecular flexibility index (Phi) is 3.48. The minimum atomic E-state index is -3.30. The normalized spacial score (nSPS) is 15.6. The number of thioether (sulfide) groups is 1. The van der Waals surface area contributed by atoms with Gasteiger partial charge in [-0.15, -0.1) is 11.8 Å². The summed E-state index contributed by atoms with van der Waals surface area (Å²) in [6.45, 7) is 0. The lowest BCUT2D eigenvalue weighted by atomic mass is 10.4. The first-order chi connectivity index (χ1) is 7.98. The molecule has 1 aromatic rings. The van der Waals surface area contributed by atoms with Crippen molar-refractivity contribution in [3.8, 4) is 5.75 Å². The molecule has 0 atom stereocenters. The first-order valence-corrected chi connectivity index (χ1v) is 8.28. The van der Waals surface area contributed by atoms with E-state index in [1.807, 2.05) is 6.26 Å². The molecule has 94 valence electrons. The highest BCUT2D eigenvalue weighted by molar-refractivity contribution is 7.98. The second-order valence-electron chi connectivity index (χ2n) is 3.92. The molecule has 0 aromatic carbocycles. The highest BCUT2D eigenvalue weighted by atomic mass is 32.2. The van der Waals surface area contributed by atoms with Crippen LogP contribution in [0.2, 0.25) is 0 Å². The number of aromatic nitrogens is 1. The SMILES string of the molecule is CSc1ncc(OC2CC2)cc1NS(C)(=O)=O. The van der Waals surface area contributed by atoms with E-state index in [-0.39, 0.29) is 6.10 Å². The summed E-state index contributed by atoms with van der Waals surface area (Å²) in [6.07, 6.45) is 6.96. The average Bonchev–Trinajstić information content (AvgIpc) is 3.00. The van der Waals surface area contributed by atoms with Gasteiger partial charge in [-0.2, -0.15) is 0 Å². The van der Waals surface area contributed by atoms with E-state index in [2.05, 4.69) is 9.71 Å². The summed E-state index contributed by atoms with van der Waals surface area (Å²) in [5, 5.41) is 0.638. The Balaban J connectivity index is 2.24. The molecule has 1 aromatic heterocycles. The standard InChI is InChI=1S/C10H14N2O3S2/c1-16-10-9(12-17(2,13)14)5-8(6-11-10)15-7-3-4-7/h5-7,12H,3-4H2,1-2H3. The van der Waals surface area contributed by atoms with Gasteiger partial charge in [-0.25, -0.2) is 13.4 Å². The Morgan fingerprint density at radius 2 is 2.24 bits per heavy atom. The Bertz CT molecular complexity index is 512. The van der Waals surface area contributed by atoms with E-state index in [0.717, 1.165) is 19.1 Å². The lowest BCUT2D eigenvalue weighted by Gasteiger charge is -2.10. The van der Waals surface area contributed by atoms with Gasteiger partial charge in [0.25, 0.3) is 0 Å². The molecule has 17 heavy (non-hydrogen) atoms. The van der Waals surface area contributed by atoms with Gasteiger partial charge >= 0.3 is 0 Å². The molecule has 0 amide bonds. The highest BCUT2D eigenvalue weighted by Gasteiger charge is 2.24. The van der Waals surface area contributed by atoms with Gasteiger partial charge in [0.1, 0.15) is 10.8 Å². The summed E-state index contributed by atoms with van der Waals surface area (Å²) >= 11 is 1.39. The molecule has 1 heterocycles. The van der Waals surface area contributed by atoms with Gasteiger partial charge < -0.3 is 4.74 Å². The van der Waals surface area contributed by atoms with Crippen molar-refractivity contribution in [2.75, 3.05) is 17.2 Å². The number of nitrogens with zero attached hydrogens (tertiary/aromatic N) is 1. The van der Waals surface area contributed by atoms with Gasteiger partial charge in [0.2, 0.25) is 10.0 Å². The lowest BCUT2D eigenvalue weighted by molar-refractivity contribution is 0.302. The first kappa shape index (κ1) is 12.5. The van der Waals surface area contributed by atoms with Crippen LogP contribution in [0.4, 0.5) is 5.69 Å². The third-order valence-corrected chi connectivity index (χ3v) is 3.44. The van der Waals surface area contributed by atoms with Gasteiger partial charge in [-0.1, -0.05) is 0 Å². The fourth-order valence-electron chi connectivity index (χ4n) is 1.31. The quantitative estimate of drug-likeness (QED) is 0.828. The van der Waals surface area contributed by atoms with Crippen LogP contribution in [0.5, 0.6) is 5.75 Å².